The molecule has 0 fully saturated rings. The molecule has 7 heteroatoms. The van der Waals surface area contributed by atoms with Crippen LogP contribution in [0, 0.1) is 0 Å². The molecule has 0 aliphatic rings. The van der Waals surface area contributed by atoms with Crippen LogP contribution in [0.2, 0.25) is 0 Å². The van der Waals surface area contributed by atoms with Crippen molar-refractivity contribution < 1.29 is 18.9 Å². The topological polar surface area (TPSA) is 88.7 Å². The van der Waals surface area contributed by atoms with Crippen molar-refractivity contribution in [3.63, 3.8) is 0 Å². The van der Waals surface area contributed by atoms with Gasteiger partial charge in [-0.2, -0.15) is 4.98 Å². The summed E-state index contributed by atoms with van der Waals surface area (Å²) in [5.41, 5.74) is 5.60. The number of hydrogen-bond donors (Lipinski definition) is 1. The summed E-state index contributed by atoms with van der Waals surface area (Å²) < 4.78 is 20.5. The van der Waals surface area contributed by atoms with Crippen LogP contribution in [0.1, 0.15) is 0 Å². The van der Waals surface area contributed by atoms with Crippen molar-refractivity contribution in [2.24, 2.45) is 0 Å². The van der Waals surface area contributed by atoms with E-state index in [1.807, 2.05) is 0 Å². The maximum absolute atomic E-state index is 5.60. The fraction of sp³-hybridized carbons (Fsp3) is 0.600. The fourth-order valence-electron chi connectivity index (χ4n) is 1.11. The molecule has 0 atom stereocenters. The average Bonchev–Trinajstić information content (AvgIpc) is 2.34. The second-order valence-corrected chi connectivity index (χ2v) is 3.05. The molecule has 0 unspecified atom stereocenters. The molecule has 1 heterocycles. The van der Waals surface area contributed by atoms with Crippen LogP contribution in [0.15, 0.2) is 6.33 Å². The summed E-state index contributed by atoms with van der Waals surface area (Å²) in [5, 5.41) is 0. The Kier molecular flexibility index (Phi) is 6.05. The van der Waals surface area contributed by atoms with Gasteiger partial charge in [0.05, 0.1) is 26.9 Å². The smallest absolute Gasteiger partial charge is 0.262 e. The summed E-state index contributed by atoms with van der Waals surface area (Å²) in [6, 6.07) is 0. The zero-order valence-corrected chi connectivity index (χ0v) is 10.0. The highest BCUT2D eigenvalue weighted by molar-refractivity contribution is 5.51. The number of nitrogens with two attached hydrogens (primary N) is 1. The van der Waals surface area contributed by atoms with Crippen LogP contribution in [0.5, 0.6) is 11.6 Å². The Morgan fingerprint density at radius 2 is 1.88 bits per heavy atom. The summed E-state index contributed by atoms with van der Waals surface area (Å²) in [5.74, 6) is 0.900. The highest BCUT2D eigenvalue weighted by atomic mass is 16.6. The lowest BCUT2D eigenvalue weighted by molar-refractivity contribution is 0.0531. The van der Waals surface area contributed by atoms with Crippen molar-refractivity contribution in [3.05, 3.63) is 6.33 Å². The first kappa shape index (κ1) is 13.5. The number of nitrogens with zero attached hydrogens (tertiary/aromatic N) is 2. The minimum atomic E-state index is 0.248. The molecule has 0 amide bonds. The van der Waals surface area contributed by atoms with Gasteiger partial charge in [-0.3, -0.25) is 0 Å². The van der Waals surface area contributed by atoms with E-state index in [0.717, 1.165) is 0 Å². The molecule has 1 aromatic rings. The summed E-state index contributed by atoms with van der Waals surface area (Å²) in [6.45, 7) is 1.89. The molecule has 0 bridgehead atoms. The maximum Gasteiger partial charge on any atom is 0.262 e. The third-order valence-corrected chi connectivity index (χ3v) is 1.90. The van der Waals surface area contributed by atoms with Gasteiger partial charge in [-0.15, -0.1) is 0 Å². The van der Waals surface area contributed by atoms with E-state index in [1.165, 1.54) is 13.4 Å². The molecule has 1 rings (SSSR count). The highest BCUT2D eigenvalue weighted by Crippen LogP contribution is 2.28. The van der Waals surface area contributed by atoms with E-state index in [2.05, 4.69) is 9.97 Å². The molecular formula is C10H17N3O4. The third kappa shape index (κ3) is 4.41. The van der Waals surface area contributed by atoms with Crippen LogP contribution in [-0.4, -0.2) is 50.6 Å². The van der Waals surface area contributed by atoms with E-state index in [0.29, 0.717) is 38.1 Å². The molecule has 0 radical (unpaired) electrons. The Balaban J connectivity index is 2.33. The lowest BCUT2D eigenvalue weighted by atomic mass is 10.5. The maximum atomic E-state index is 5.60. The zero-order chi connectivity index (χ0) is 12.5. The number of methoxy groups -OCH3 is 2. The van der Waals surface area contributed by atoms with Gasteiger partial charge in [0.25, 0.3) is 5.88 Å². The van der Waals surface area contributed by atoms with E-state index < -0.39 is 0 Å². The first-order valence-corrected chi connectivity index (χ1v) is 5.13. The molecule has 96 valence electrons. The third-order valence-electron chi connectivity index (χ3n) is 1.90. The Bertz CT molecular complexity index is 335. The number of hydrogen-bond acceptors (Lipinski definition) is 7. The van der Waals surface area contributed by atoms with Gasteiger partial charge in [-0.25, -0.2) is 4.98 Å². The molecule has 0 spiro atoms. The van der Waals surface area contributed by atoms with Crippen molar-refractivity contribution in [1.82, 2.24) is 9.97 Å². The Morgan fingerprint density at radius 3 is 2.59 bits per heavy atom. The summed E-state index contributed by atoms with van der Waals surface area (Å²) >= 11 is 0. The number of rotatable bonds is 8. The van der Waals surface area contributed by atoms with Gasteiger partial charge in [0.1, 0.15) is 12.9 Å². The SMILES string of the molecule is COCCOCCOc1ncnc(N)c1OC. The largest absolute Gasteiger partial charge is 0.489 e. The van der Waals surface area contributed by atoms with E-state index in [1.54, 1.807) is 7.11 Å². The Morgan fingerprint density at radius 1 is 1.12 bits per heavy atom. The minimum Gasteiger partial charge on any atom is -0.489 e. The van der Waals surface area contributed by atoms with Crippen LogP contribution < -0.4 is 15.2 Å². The number of anilines is 1. The van der Waals surface area contributed by atoms with Crippen LogP contribution in [0.4, 0.5) is 5.82 Å². The van der Waals surface area contributed by atoms with E-state index >= 15 is 0 Å². The quantitative estimate of drug-likeness (QED) is 0.648. The molecule has 0 saturated carbocycles. The van der Waals surface area contributed by atoms with Gasteiger partial charge in [-0.05, 0) is 0 Å². The van der Waals surface area contributed by atoms with Crippen LogP contribution >= 0.6 is 0 Å². The van der Waals surface area contributed by atoms with Gasteiger partial charge < -0.3 is 24.7 Å². The fourth-order valence-corrected chi connectivity index (χ4v) is 1.11. The number of ether oxygens (including phenoxy) is 4. The van der Waals surface area contributed by atoms with Gasteiger partial charge in [0.2, 0.25) is 5.75 Å². The van der Waals surface area contributed by atoms with E-state index in [9.17, 15) is 0 Å². The normalized spacial score (nSPS) is 10.2. The van der Waals surface area contributed by atoms with Gasteiger partial charge in [0.15, 0.2) is 5.82 Å². The van der Waals surface area contributed by atoms with E-state index in [-0.39, 0.29) is 5.82 Å². The molecule has 1 aromatic heterocycles. The monoisotopic (exact) mass is 243 g/mol. The molecule has 0 aliphatic carbocycles. The lowest BCUT2D eigenvalue weighted by Gasteiger charge is -2.10. The van der Waals surface area contributed by atoms with Crippen LogP contribution in [0.3, 0.4) is 0 Å². The number of aromatic nitrogens is 2. The summed E-state index contributed by atoms with van der Waals surface area (Å²) in [7, 11) is 3.10. The van der Waals surface area contributed by atoms with Crippen molar-refractivity contribution in [2.45, 2.75) is 0 Å². The zero-order valence-electron chi connectivity index (χ0n) is 10.0. The molecule has 2 N–H and O–H groups in total. The molecule has 17 heavy (non-hydrogen) atoms. The Labute approximate surface area is 99.9 Å². The lowest BCUT2D eigenvalue weighted by Crippen LogP contribution is -2.11. The van der Waals surface area contributed by atoms with Gasteiger partial charge >= 0.3 is 0 Å². The van der Waals surface area contributed by atoms with Crippen LogP contribution in [0.25, 0.3) is 0 Å². The first-order chi connectivity index (χ1) is 8.29. The Hall–Kier alpha value is -1.60. The second kappa shape index (κ2) is 7.64. The van der Waals surface area contributed by atoms with Crippen molar-refractivity contribution in [2.75, 3.05) is 46.4 Å². The molecular weight excluding hydrogens is 226 g/mol. The van der Waals surface area contributed by atoms with Crippen molar-refractivity contribution >= 4 is 5.82 Å². The van der Waals surface area contributed by atoms with Crippen molar-refractivity contribution in [3.8, 4) is 11.6 Å². The number of nitrogen functional groups attached to an aromatic ring is 1. The predicted octanol–water partition coefficient (Wildman–Crippen LogP) is 0.109. The minimum absolute atomic E-state index is 0.248. The molecule has 0 aliphatic heterocycles. The summed E-state index contributed by atoms with van der Waals surface area (Å²) in [6.07, 6.45) is 1.32. The molecule has 7 nitrogen and oxygen atoms in total. The molecule has 0 saturated heterocycles. The first-order valence-electron chi connectivity index (χ1n) is 5.13. The van der Waals surface area contributed by atoms with Gasteiger partial charge in [0, 0.05) is 7.11 Å². The second-order valence-electron chi connectivity index (χ2n) is 3.05. The van der Waals surface area contributed by atoms with E-state index in [4.69, 9.17) is 24.7 Å². The highest BCUT2D eigenvalue weighted by Gasteiger charge is 2.10. The predicted molar refractivity (Wildman–Crippen MR) is 61.2 cm³/mol. The van der Waals surface area contributed by atoms with Crippen LogP contribution in [-0.2, 0) is 9.47 Å². The van der Waals surface area contributed by atoms with Gasteiger partial charge in [-0.1, -0.05) is 0 Å². The standard InChI is InChI=1S/C10H17N3O4/c1-14-3-4-16-5-6-17-10-8(15-2)9(11)12-7-13-10/h7H,3-6H2,1-2H3,(H2,11,12,13). The average molecular weight is 243 g/mol. The summed E-state index contributed by atoms with van der Waals surface area (Å²) in [4.78, 5) is 7.72. The van der Waals surface area contributed by atoms with Crippen molar-refractivity contribution in [1.29, 1.82) is 0 Å². The molecule has 0 aromatic carbocycles.